The van der Waals surface area contributed by atoms with Crippen molar-refractivity contribution in [2.75, 3.05) is 13.2 Å². The van der Waals surface area contributed by atoms with Crippen molar-refractivity contribution in [3.8, 4) is 0 Å². The number of benzene rings is 1. The van der Waals surface area contributed by atoms with Gasteiger partial charge < -0.3 is 15.4 Å². The van der Waals surface area contributed by atoms with Gasteiger partial charge in [-0.3, -0.25) is 4.79 Å². The first kappa shape index (κ1) is 14.6. The first-order chi connectivity index (χ1) is 9.56. The number of hydrogen-bond acceptors (Lipinski definition) is 3. The largest absolute Gasteiger partial charge is 0.396 e. The fourth-order valence-electron chi connectivity index (χ4n) is 2.17. The molecule has 20 heavy (non-hydrogen) atoms. The minimum Gasteiger partial charge on any atom is -0.396 e. The summed E-state index contributed by atoms with van der Waals surface area (Å²) in [7, 11) is 0. The summed E-state index contributed by atoms with van der Waals surface area (Å²) in [5.74, 6) is -2.17. The summed E-state index contributed by atoms with van der Waals surface area (Å²) in [6, 6.07) is 2.26. The minimum atomic E-state index is -1.13. The zero-order valence-corrected chi connectivity index (χ0v) is 11.0. The van der Waals surface area contributed by atoms with Crippen molar-refractivity contribution in [2.45, 2.75) is 19.4 Å². The molecule has 0 saturated carbocycles. The third kappa shape index (κ3) is 2.71. The van der Waals surface area contributed by atoms with E-state index < -0.39 is 17.2 Å². The predicted molar refractivity (Wildman–Crippen MR) is 72.6 cm³/mol. The zero-order valence-electron chi connectivity index (χ0n) is 11.0. The van der Waals surface area contributed by atoms with Gasteiger partial charge in [0.05, 0.1) is 5.39 Å². The summed E-state index contributed by atoms with van der Waals surface area (Å²) in [5, 5.41) is 12.0. The van der Waals surface area contributed by atoms with E-state index in [2.05, 4.69) is 10.3 Å². The van der Waals surface area contributed by atoms with E-state index in [0.29, 0.717) is 23.9 Å². The smallest absolute Gasteiger partial charge is 0.258 e. The Morgan fingerprint density at radius 1 is 1.40 bits per heavy atom. The van der Waals surface area contributed by atoms with Crippen LogP contribution in [0, 0.1) is 11.6 Å². The number of aliphatic hydroxyl groups excluding tert-OH is 1. The standard InChI is InChI=1S/C14H16F2N2O2/c1-8(17-5-2-6-19)10-7-18-14(20)12-9(10)3-4-11(15)13(12)16/h3-4,7-8,17,19H,2,5-6H2,1H3,(H,18,20). The molecule has 108 valence electrons. The van der Waals surface area contributed by atoms with E-state index in [1.807, 2.05) is 6.92 Å². The van der Waals surface area contributed by atoms with Gasteiger partial charge in [-0.25, -0.2) is 8.78 Å². The molecule has 1 aromatic heterocycles. The number of aromatic nitrogens is 1. The van der Waals surface area contributed by atoms with Crippen LogP contribution in [0.5, 0.6) is 0 Å². The average molecular weight is 282 g/mol. The Hall–Kier alpha value is -1.79. The predicted octanol–water partition coefficient (Wildman–Crippen LogP) is 1.84. The molecule has 1 unspecified atom stereocenters. The van der Waals surface area contributed by atoms with Crippen molar-refractivity contribution in [3.05, 3.63) is 45.9 Å². The van der Waals surface area contributed by atoms with E-state index in [1.165, 1.54) is 12.3 Å². The van der Waals surface area contributed by atoms with Gasteiger partial charge >= 0.3 is 0 Å². The van der Waals surface area contributed by atoms with Crippen molar-refractivity contribution >= 4 is 10.8 Å². The Balaban J connectivity index is 2.48. The molecular formula is C14H16F2N2O2. The number of fused-ring (bicyclic) bond motifs is 1. The molecule has 1 atom stereocenters. The maximum Gasteiger partial charge on any atom is 0.258 e. The molecule has 0 radical (unpaired) electrons. The number of H-pyrrole nitrogens is 1. The molecule has 2 aromatic rings. The number of pyridine rings is 1. The van der Waals surface area contributed by atoms with Crippen LogP contribution in [0.2, 0.25) is 0 Å². The van der Waals surface area contributed by atoms with Gasteiger partial charge in [-0.1, -0.05) is 6.07 Å². The highest BCUT2D eigenvalue weighted by Gasteiger charge is 2.16. The van der Waals surface area contributed by atoms with Gasteiger partial charge in [-0.05, 0) is 36.9 Å². The highest BCUT2D eigenvalue weighted by molar-refractivity contribution is 5.85. The van der Waals surface area contributed by atoms with Crippen molar-refractivity contribution in [1.29, 1.82) is 0 Å². The van der Waals surface area contributed by atoms with Crippen LogP contribution in [-0.2, 0) is 0 Å². The number of aliphatic hydroxyl groups is 1. The fraction of sp³-hybridized carbons (Fsp3) is 0.357. The number of nitrogens with one attached hydrogen (secondary N) is 2. The molecule has 4 nitrogen and oxygen atoms in total. The van der Waals surface area contributed by atoms with Gasteiger partial charge in [0.15, 0.2) is 11.6 Å². The van der Waals surface area contributed by atoms with Gasteiger partial charge in [0.1, 0.15) is 0 Å². The molecule has 0 saturated heterocycles. The average Bonchev–Trinajstić information content (AvgIpc) is 2.43. The lowest BCUT2D eigenvalue weighted by Crippen LogP contribution is -2.22. The third-order valence-electron chi connectivity index (χ3n) is 3.24. The molecule has 1 heterocycles. The summed E-state index contributed by atoms with van der Waals surface area (Å²) in [4.78, 5) is 14.1. The zero-order chi connectivity index (χ0) is 14.7. The molecule has 0 aliphatic rings. The van der Waals surface area contributed by atoms with Crippen molar-refractivity contribution in [1.82, 2.24) is 10.3 Å². The highest BCUT2D eigenvalue weighted by atomic mass is 19.2. The molecule has 0 aliphatic heterocycles. The second-order valence-electron chi connectivity index (χ2n) is 4.61. The summed E-state index contributed by atoms with van der Waals surface area (Å²) >= 11 is 0. The van der Waals surface area contributed by atoms with E-state index in [-0.39, 0.29) is 18.0 Å². The van der Waals surface area contributed by atoms with Crippen LogP contribution in [0.3, 0.4) is 0 Å². The molecule has 6 heteroatoms. The second kappa shape index (κ2) is 6.11. The summed E-state index contributed by atoms with van der Waals surface area (Å²) in [6.07, 6.45) is 2.09. The summed E-state index contributed by atoms with van der Waals surface area (Å²) in [5.41, 5.74) is 0.0275. The van der Waals surface area contributed by atoms with Crippen molar-refractivity contribution < 1.29 is 13.9 Å². The number of hydrogen-bond donors (Lipinski definition) is 3. The number of aromatic amines is 1. The lowest BCUT2D eigenvalue weighted by Gasteiger charge is -2.16. The van der Waals surface area contributed by atoms with Crippen LogP contribution in [0.1, 0.15) is 24.9 Å². The van der Waals surface area contributed by atoms with E-state index in [9.17, 15) is 13.6 Å². The van der Waals surface area contributed by atoms with Crippen LogP contribution in [0.15, 0.2) is 23.1 Å². The van der Waals surface area contributed by atoms with Crippen molar-refractivity contribution in [3.63, 3.8) is 0 Å². The van der Waals surface area contributed by atoms with E-state index in [1.54, 1.807) is 0 Å². The fourth-order valence-corrected chi connectivity index (χ4v) is 2.17. The number of halogens is 2. The third-order valence-corrected chi connectivity index (χ3v) is 3.24. The van der Waals surface area contributed by atoms with Gasteiger partial charge in [-0.15, -0.1) is 0 Å². The molecule has 0 amide bonds. The van der Waals surface area contributed by atoms with Gasteiger partial charge in [0.2, 0.25) is 0 Å². The quantitative estimate of drug-likeness (QED) is 0.733. The van der Waals surface area contributed by atoms with E-state index >= 15 is 0 Å². The Morgan fingerprint density at radius 2 is 2.15 bits per heavy atom. The van der Waals surface area contributed by atoms with Crippen LogP contribution < -0.4 is 10.9 Å². The summed E-state index contributed by atoms with van der Waals surface area (Å²) in [6.45, 7) is 2.51. The van der Waals surface area contributed by atoms with Crippen LogP contribution in [-0.4, -0.2) is 23.2 Å². The Bertz CT molecular complexity index is 670. The maximum atomic E-state index is 13.8. The molecule has 1 aromatic carbocycles. The molecule has 2 rings (SSSR count). The van der Waals surface area contributed by atoms with Crippen LogP contribution in [0.25, 0.3) is 10.8 Å². The molecule has 0 fully saturated rings. The SMILES string of the molecule is CC(NCCCO)c1c[nH]c(=O)c2c(F)c(F)ccc12. The topological polar surface area (TPSA) is 65.1 Å². The van der Waals surface area contributed by atoms with Crippen molar-refractivity contribution in [2.24, 2.45) is 0 Å². The first-order valence-electron chi connectivity index (χ1n) is 6.39. The van der Waals surface area contributed by atoms with E-state index in [4.69, 9.17) is 5.11 Å². The van der Waals surface area contributed by atoms with Crippen LogP contribution in [0.4, 0.5) is 8.78 Å². The summed E-state index contributed by atoms with van der Waals surface area (Å²) < 4.78 is 27.0. The lowest BCUT2D eigenvalue weighted by molar-refractivity contribution is 0.284. The molecule has 0 bridgehead atoms. The Labute approximate surface area is 114 Å². The van der Waals surface area contributed by atoms with Gasteiger partial charge in [0, 0.05) is 18.8 Å². The maximum absolute atomic E-state index is 13.8. The number of rotatable bonds is 5. The Morgan fingerprint density at radius 3 is 2.85 bits per heavy atom. The normalized spacial score (nSPS) is 12.8. The molecule has 3 N–H and O–H groups in total. The second-order valence-corrected chi connectivity index (χ2v) is 4.61. The lowest BCUT2D eigenvalue weighted by atomic mass is 10.0. The first-order valence-corrected chi connectivity index (χ1v) is 6.39. The van der Waals surface area contributed by atoms with Gasteiger partial charge in [-0.2, -0.15) is 0 Å². The Kier molecular flexibility index (Phi) is 4.46. The highest BCUT2D eigenvalue weighted by Crippen LogP contribution is 2.24. The molecular weight excluding hydrogens is 266 g/mol. The van der Waals surface area contributed by atoms with Gasteiger partial charge in [0.25, 0.3) is 5.56 Å². The molecule has 0 aliphatic carbocycles. The van der Waals surface area contributed by atoms with E-state index in [0.717, 1.165) is 6.07 Å². The minimum absolute atomic E-state index is 0.0753. The molecule has 0 spiro atoms. The van der Waals surface area contributed by atoms with Crippen LogP contribution >= 0.6 is 0 Å². The monoisotopic (exact) mass is 282 g/mol.